The summed E-state index contributed by atoms with van der Waals surface area (Å²) < 4.78 is 25.1. The van der Waals surface area contributed by atoms with Crippen LogP contribution in [0.4, 0.5) is 4.39 Å². The molecule has 4 heteroatoms. The molecule has 1 unspecified atom stereocenters. The summed E-state index contributed by atoms with van der Waals surface area (Å²) in [7, 11) is 1.74. The lowest BCUT2D eigenvalue weighted by Gasteiger charge is -2.37. The summed E-state index contributed by atoms with van der Waals surface area (Å²) in [5, 5.41) is 4.24. The molecule has 1 heterocycles. The number of nitrogens with one attached hydrogen (secondary N) is 1. The minimum Gasteiger partial charge on any atom is -0.459 e. The standard InChI is InChI=1S/C17H24FNO2/c1-5-17(6-2,20-4)16(19-7-3)15-11-12-10-13(18)8-9-14(12)21-15/h8-11,16,19H,5-7H2,1-4H3. The molecule has 0 amide bonds. The molecular formula is C17H24FNO2. The third kappa shape index (κ3) is 2.97. The van der Waals surface area contributed by atoms with E-state index >= 15 is 0 Å². The second kappa shape index (κ2) is 6.58. The zero-order chi connectivity index (χ0) is 15.5. The highest BCUT2D eigenvalue weighted by Crippen LogP contribution is 2.37. The van der Waals surface area contributed by atoms with Crippen molar-refractivity contribution in [2.24, 2.45) is 0 Å². The minimum atomic E-state index is -0.331. The summed E-state index contributed by atoms with van der Waals surface area (Å²) in [5.41, 5.74) is 0.370. The molecule has 1 aromatic carbocycles. The lowest BCUT2D eigenvalue weighted by Crippen LogP contribution is -2.44. The summed E-state index contributed by atoms with van der Waals surface area (Å²) in [6.45, 7) is 7.08. The Kier molecular flexibility index (Phi) is 5.01. The summed E-state index contributed by atoms with van der Waals surface area (Å²) in [5.74, 6) is 0.543. The van der Waals surface area contributed by atoms with Gasteiger partial charge in [-0.2, -0.15) is 0 Å². The molecule has 0 aliphatic heterocycles. The first kappa shape index (κ1) is 16.0. The summed E-state index contributed by atoms with van der Waals surface area (Å²) >= 11 is 0. The maximum atomic E-state index is 13.3. The number of rotatable bonds is 7. The number of hydrogen-bond donors (Lipinski definition) is 1. The van der Waals surface area contributed by atoms with Crippen molar-refractivity contribution < 1.29 is 13.5 Å². The number of hydrogen-bond acceptors (Lipinski definition) is 3. The first-order valence-corrected chi connectivity index (χ1v) is 7.57. The van der Waals surface area contributed by atoms with Crippen LogP contribution in [0.15, 0.2) is 28.7 Å². The molecule has 0 aliphatic carbocycles. The van der Waals surface area contributed by atoms with Crippen LogP contribution in [-0.4, -0.2) is 19.3 Å². The van der Waals surface area contributed by atoms with Crippen LogP contribution in [0.5, 0.6) is 0 Å². The van der Waals surface area contributed by atoms with Gasteiger partial charge in [0.1, 0.15) is 17.2 Å². The molecule has 116 valence electrons. The number of fused-ring (bicyclic) bond motifs is 1. The summed E-state index contributed by atoms with van der Waals surface area (Å²) in [6, 6.07) is 6.44. The van der Waals surface area contributed by atoms with Gasteiger partial charge in [-0.25, -0.2) is 4.39 Å². The van der Waals surface area contributed by atoms with Crippen LogP contribution in [-0.2, 0) is 4.74 Å². The number of furan rings is 1. The topological polar surface area (TPSA) is 34.4 Å². The molecule has 0 fully saturated rings. The van der Waals surface area contributed by atoms with Crippen LogP contribution in [0.2, 0.25) is 0 Å². The Morgan fingerprint density at radius 3 is 2.52 bits per heavy atom. The molecule has 0 saturated heterocycles. The Hall–Kier alpha value is -1.39. The normalized spacial score (nSPS) is 13.8. The number of methoxy groups -OCH3 is 1. The van der Waals surface area contributed by atoms with Crippen molar-refractivity contribution in [1.29, 1.82) is 0 Å². The van der Waals surface area contributed by atoms with E-state index in [1.165, 1.54) is 12.1 Å². The molecule has 0 radical (unpaired) electrons. The second-order valence-electron chi connectivity index (χ2n) is 5.30. The highest BCUT2D eigenvalue weighted by Gasteiger charge is 2.38. The number of halogens is 1. The van der Waals surface area contributed by atoms with E-state index < -0.39 is 0 Å². The number of ether oxygens (including phenoxy) is 1. The molecule has 21 heavy (non-hydrogen) atoms. The molecule has 1 atom stereocenters. The van der Waals surface area contributed by atoms with Crippen molar-refractivity contribution >= 4 is 11.0 Å². The second-order valence-corrected chi connectivity index (χ2v) is 5.30. The lowest BCUT2D eigenvalue weighted by molar-refractivity contribution is -0.0529. The fourth-order valence-corrected chi connectivity index (χ4v) is 2.99. The van der Waals surface area contributed by atoms with Gasteiger partial charge >= 0.3 is 0 Å². The third-order valence-corrected chi connectivity index (χ3v) is 4.32. The van der Waals surface area contributed by atoms with Crippen molar-refractivity contribution in [2.75, 3.05) is 13.7 Å². The van der Waals surface area contributed by atoms with Gasteiger partial charge in [0.25, 0.3) is 0 Å². The zero-order valence-electron chi connectivity index (χ0n) is 13.2. The molecule has 0 bridgehead atoms. The quantitative estimate of drug-likeness (QED) is 0.820. The molecule has 0 aliphatic rings. The first-order chi connectivity index (χ1) is 10.1. The van der Waals surface area contributed by atoms with Gasteiger partial charge in [0.2, 0.25) is 0 Å². The van der Waals surface area contributed by atoms with Gasteiger partial charge in [0, 0.05) is 12.5 Å². The molecule has 0 saturated carbocycles. The largest absolute Gasteiger partial charge is 0.459 e. The fourth-order valence-electron chi connectivity index (χ4n) is 2.99. The van der Waals surface area contributed by atoms with Gasteiger partial charge in [0.05, 0.1) is 11.6 Å². The van der Waals surface area contributed by atoms with Gasteiger partial charge in [-0.15, -0.1) is 0 Å². The Bertz CT molecular complexity index is 581. The van der Waals surface area contributed by atoms with E-state index in [1.807, 2.05) is 6.07 Å². The van der Waals surface area contributed by atoms with Crippen LogP contribution in [0.3, 0.4) is 0 Å². The van der Waals surface area contributed by atoms with Crippen molar-refractivity contribution in [3.05, 3.63) is 35.8 Å². The van der Waals surface area contributed by atoms with E-state index in [0.29, 0.717) is 5.58 Å². The Morgan fingerprint density at radius 2 is 1.95 bits per heavy atom. The van der Waals surface area contributed by atoms with Gasteiger partial charge in [-0.1, -0.05) is 20.8 Å². The van der Waals surface area contributed by atoms with E-state index in [-0.39, 0.29) is 17.5 Å². The van der Waals surface area contributed by atoms with E-state index in [9.17, 15) is 4.39 Å². The molecular weight excluding hydrogens is 269 g/mol. The van der Waals surface area contributed by atoms with Crippen molar-refractivity contribution in [3.63, 3.8) is 0 Å². The van der Waals surface area contributed by atoms with Crippen molar-refractivity contribution in [3.8, 4) is 0 Å². The highest BCUT2D eigenvalue weighted by atomic mass is 19.1. The Labute approximate surface area is 125 Å². The van der Waals surface area contributed by atoms with Crippen LogP contribution in [0.25, 0.3) is 11.0 Å². The van der Waals surface area contributed by atoms with Gasteiger partial charge < -0.3 is 14.5 Å². The maximum absolute atomic E-state index is 13.3. The molecule has 1 N–H and O–H groups in total. The predicted octanol–water partition coefficient (Wildman–Crippen LogP) is 4.43. The molecule has 1 aromatic heterocycles. The van der Waals surface area contributed by atoms with Crippen LogP contribution in [0.1, 0.15) is 45.4 Å². The van der Waals surface area contributed by atoms with Crippen molar-refractivity contribution in [1.82, 2.24) is 5.32 Å². The number of benzene rings is 1. The Morgan fingerprint density at radius 1 is 1.24 bits per heavy atom. The number of likely N-dealkylation sites (N-methyl/N-ethyl adjacent to an activating group) is 1. The van der Waals surface area contributed by atoms with E-state index in [0.717, 1.165) is 30.5 Å². The smallest absolute Gasteiger partial charge is 0.134 e. The lowest BCUT2D eigenvalue weighted by atomic mass is 9.86. The Balaban J connectivity index is 2.48. The molecule has 2 aromatic rings. The third-order valence-electron chi connectivity index (χ3n) is 4.32. The SMILES string of the molecule is CCNC(c1cc2cc(F)ccc2o1)C(CC)(CC)OC. The monoisotopic (exact) mass is 293 g/mol. The van der Waals surface area contributed by atoms with Gasteiger partial charge in [0.15, 0.2) is 0 Å². The molecule has 3 nitrogen and oxygen atoms in total. The van der Waals surface area contributed by atoms with Gasteiger partial charge in [-0.3, -0.25) is 0 Å². The first-order valence-electron chi connectivity index (χ1n) is 7.57. The summed E-state index contributed by atoms with van der Waals surface area (Å²) in [6.07, 6.45) is 1.73. The molecule has 2 rings (SSSR count). The fraction of sp³-hybridized carbons (Fsp3) is 0.529. The average molecular weight is 293 g/mol. The maximum Gasteiger partial charge on any atom is 0.134 e. The van der Waals surface area contributed by atoms with Crippen LogP contribution in [0, 0.1) is 5.82 Å². The zero-order valence-corrected chi connectivity index (χ0v) is 13.2. The highest BCUT2D eigenvalue weighted by molar-refractivity contribution is 5.78. The average Bonchev–Trinajstić information content (AvgIpc) is 2.91. The van der Waals surface area contributed by atoms with E-state index in [2.05, 4.69) is 26.1 Å². The predicted molar refractivity (Wildman–Crippen MR) is 82.9 cm³/mol. The minimum absolute atomic E-state index is 0.0574. The van der Waals surface area contributed by atoms with E-state index in [4.69, 9.17) is 9.15 Å². The van der Waals surface area contributed by atoms with Crippen molar-refractivity contribution in [2.45, 2.75) is 45.3 Å². The molecule has 0 spiro atoms. The summed E-state index contributed by atoms with van der Waals surface area (Å²) in [4.78, 5) is 0. The van der Waals surface area contributed by atoms with Crippen LogP contribution < -0.4 is 5.32 Å². The van der Waals surface area contributed by atoms with Crippen LogP contribution >= 0.6 is 0 Å². The van der Waals surface area contributed by atoms with Gasteiger partial charge in [-0.05, 0) is 43.7 Å². The van der Waals surface area contributed by atoms with E-state index in [1.54, 1.807) is 13.2 Å².